The minimum absolute atomic E-state index is 0.434. The molecule has 0 aliphatic heterocycles. The molecule has 1 aromatic carbocycles. The van der Waals surface area contributed by atoms with E-state index in [4.69, 9.17) is 5.11 Å². The van der Waals surface area contributed by atoms with E-state index < -0.39 is 23.3 Å². The first-order valence-electron chi connectivity index (χ1n) is 4.93. The summed E-state index contributed by atoms with van der Waals surface area (Å²) in [7, 11) is 0. The summed E-state index contributed by atoms with van der Waals surface area (Å²) >= 11 is 1.28. The lowest BCUT2D eigenvalue weighted by molar-refractivity contribution is -0.138. The number of hydrogen-bond donors (Lipinski definition) is 1. The Bertz CT molecular complexity index is 416. The standard InChI is InChI=1S/C11H11F3O2S/c1-2-5-17-7-3-4-8(10(15)16)9(6-7)11(12,13)14/h3-4,6H,2,5H2,1H3,(H,15,16). The molecule has 0 saturated heterocycles. The normalized spacial score (nSPS) is 11.5. The Morgan fingerprint density at radius 1 is 1.41 bits per heavy atom. The molecule has 0 heterocycles. The van der Waals surface area contributed by atoms with E-state index in [-0.39, 0.29) is 0 Å². The Hall–Kier alpha value is -1.17. The highest BCUT2D eigenvalue weighted by molar-refractivity contribution is 7.99. The van der Waals surface area contributed by atoms with Crippen LogP contribution in [0.1, 0.15) is 29.3 Å². The predicted molar refractivity (Wildman–Crippen MR) is 59.4 cm³/mol. The van der Waals surface area contributed by atoms with Crippen LogP contribution in [-0.2, 0) is 6.18 Å². The highest BCUT2D eigenvalue weighted by atomic mass is 32.2. The van der Waals surface area contributed by atoms with Gasteiger partial charge >= 0.3 is 12.1 Å². The van der Waals surface area contributed by atoms with Crippen molar-refractivity contribution in [1.82, 2.24) is 0 Å². The van der Waals surface area contributed by atoms with Crippen LogP contribution in [0.25, 0.3) is 0 Å². The van der Waals surface area contributed by atoms with Gasteiger partial charge in [-0.05, 0) is 30.4 Å². The van der Waals surface area contributed by atoms with Crippen molar-refractivity contribution in [2.24, 2.45) is 0 Å². The van der Waals surface area contributed by atoms with Crippen LogP contribution < -0.4 is 0 Å². The molecule has 1 rings (SSSR count). The van der Waals surface area contributed by atoms with Gasteiger partial charge in [0.25, 0.3) is 0 Å². The van der Waals surface area contributed by atoms with Gasteiger partial charge < -0.3 is 5.11 Å². The summed E-state index contributed by atoms with van der Waals surface area (Å²) in [5.74, 6) is -0.867. The summed E-state index contributed by atoms with van der Waals surface area (Å²) in [6.45, 7) is 1.92. The lowest BCUT2D eigenvalue weighted by Gasteiger charge is -2.11. The third-order valence-electron chi connectivity index (χ3n) is 2.00. The Labute approximate surface area is 101 Å². The Morgan fingerprint density at radius 2 is 2.06 bits per heavy atom. The van der Waals surface area contributed by atoms with E-state index in [1.165, 1.54) is 17.8 Å². The SMILES string of the molecule is CCCSc1ccc(C(=O)O)c(C(F)(F)F)c1. The number of halogens is 3. The average molecular weight is 264 g/mol. The molecular weight excluding hydrogens is 253 g/mol. The van der Waals surface area contributed by atoms with Gasteiger partial charge in [-0.1, -0.05) is 6.92 Å². The van der Waals surface area contributed by atoms with Gasteiger partial charge in [-0.3, -0.25) is 0 Å². The Balaban J connectivity index is 3.15. The maximum Gasteiger partial charge on any atom is 0.417 e. The molecule has 0 atom stereocenters. The van der Waals surface area contributed by atoms with Crippen molar-refractivity contribution in [1.29, 1.82) is 0 Å². The molecule has 17 heavy (non-hydrogen) atoms. The minimum atomic E-state index is -4.64. The molecule has 0 aliphatic carbocycles. The molecule has 6 heteroatoms. The summed E-state index contributed by atoms with van der Waals surface area (Å²) < 4.78 is 37.9. The van der Waals surface area contributed by atoms with Crippen molar-refractivity contribution >= 4 is 17.7 Å². The van der Waals surface area contributed by atoms with Crippen LogP contribution in [0.2, 0.25) is 0 Å². The maximum atomic E-state index is 12.6. The van der Waals surface area contributed by atoms with Gasteiger partial charge in [0.1, 0.15) is 0 Å². The minimum Gasteiger partial charge on any atom is -0.478 e. The summed E-state index contributed by atoms with van der Waals surface area (Å²) in [6.07, 6.45) is -3.80. The lowest BCUT2D eigenvalue weighted by atomic mass is 10.1. The van der Waals surface area contributed by atoms with E-state index in [0.29, 0.717) is 10.6 Å². The number of hydrogen-bond acceptors (Lipinski definition) is 2. The molecule has 2 nitrogen and oxygen atoms in total. The molecule has 0 aliphatic rings. The maximum absolute atomic E-state index is 12.6. The third-order valence-corrected chi connectivity index (χ3v) is 3.20. The number of carboxylic acid groups (broad SMARTS) is 1. The van der Waals surface area contributed by atoms with Gasteiger partial charge in [0.15, 0.2) is 0 Å². The third kappa shape index (κ3) is 3.66. The van der Waals surface area contributed by atoms with Crippen molar-refractivity contribution < 1.29 is 23.1 Å². The zero-order chi connectivity index (χ0) is 13.1. The van der Waals surface area contributed by atoms with Crippen LogP contribution in [-0.4, -0.2) is 16.8 Å². The lowest BCUT2D eigenvalue weighted by Crippen LogP contribution is -2.12. The van der Waals surface area contributed by atoms with Crippen LogP contribution in [0.5, 0.6) is 0 Å². The molecular formula is C11H11F3O2S. The first-order chi connectivity index (χ1) is 7.86. The molecule has 0 aromatic heterocycles. The Kier molecular flexibility index (Phi) is 4.45. The fraction of sp³-hybridized carbons (Fsp3) is 0.364. The van der Waals surface area contributed by atoms with Gasteiger partial charge in [-0.25, -0.2) is 4.79 Å². The monoisotopic (exact) mass is 264 g/mol. The molecule has 0 unspecified atom stereocenters. The molecule has 1 aromatic rings. The zero-order valence-corrected chi connectivity index (χ0v) is 9.86. The van der Waals surface area contributed by atoms with Gasteiger partial charge in [0, 0.05) is 4.90 Å². The molecule has 0 bridgehead atoms. The smallest absolute Gasteiger partial charge is 0.417 e. The summed E-state index contributed by atoms with van der Waals surface area (Å²) in [4.78, 5) is 11.1. The first kappa shape index (κ1) is 13.9. The van der Waals surface area contributed by atoms with E-state index in [0.717, 1.165) is 18.6 Å². The van der Waals surface area contributed by atoms with Crippen molar-refractivity contribution in [2.75, 3.05) is 5.75 Å². The molecule has 1 N–H and O–H groups in total. The average Bonchev–Trinajstić information content (AvgIpc) is 2.24. The van der Waals surface area contributed by atoms with Crippen molar-refractivity contribution in [3.8, 4) is 0 Å². The van der Waals surface area contributed by atoms with Gasteiger partial charge in [-0.2, -0.15) is 13.2 Å². The highest BCUT2D eigenvalue weighted by Crippen LogP contribution is 2.34. The molecule has 0 radical (unpaired) electrons. The van der Waals surface area contributed by atoms with Crippen molar-refractivity contribution in [2.45, 2.75) is 24.4 Å². The fourth-order valence-corrected chi connectivity index (χ4v) is 2.06. The van der Waals surface area contributed by atoms with Gasteiger partial charge in [0.2, 0.25) is 0 Å². The quantitative estimate of drug-likeness (QED) is 0.838. The largest absolute Gasteiger partial charge is 0.478 e. The molecule has 0 spiro atoms. The van der Waals surface area contributed by atoms with Crippen LogP contribution in [0.15, 0.2) is 23.1 Å². The van der Waals surface area contributed by atoms with E-state index >= 15 is 0 Å². The number of alkyl halides is 3. The summed E-state index contributed by atoms with van der Waals surface area (Å²) in [5, 5.41) is 8.69. The Morgan fingerprint density at radius 3 is 2.53 bits per heavy atom. The second kappa shape index (κ2) is 5.44. The van der Waals surface area contributed by atoms with Crippen LogP contribution >= 0.6 is 11.8 Å². The van der Waals surface area contributed by atoms with Gasteiger partial charge in [0.05, 0.1) is 11.1 Å². The number of rotatable bonds is 4. The molecule has 0 fully saturated rings. The number of thioether (sulfide) groups is 1. The van der Waals surface area contributed by atoms with E-state index in [9.17, 15) is 18.0 Å². The number of carbonyl (C=O) groups is 1. The zero-order valence-electron chi connectivity index (χ0n) is 9.04. The molecule has 0 amide bonds. The first-order valence-corrected chi connectivity index (χ1v) is 5.92. The van der Waals surface area contributed by atoms with E-state index in [2.05, 4.69) is 0 Å². The fourth-order valence-electron chi connectivity index (χ4n) is 1.25. The number of benzene rings is 1. The summed E-state index contributed by atoms with van der Waals surface area (Å²) in [6, 6.07) is 3.30. The summed E-state index contributed by atoms with van der Waals surface area (Å²) in [5.41, 5.74) is -1.80. The van der Waals surface area contributed by atoms with Crippen LogP contribution in [0.3, 0.4) is 0 Å². The van der Waals surface area contributed by atoms with Crippen molar-refractivity contribution in [3.63, 3.8) is 0 Å². The van der Waals surface area contributed by atoms with Crippen LogP contribution in [0, 0.1) is 0 Å². The second-order valence-electron chi connectivity index (χ2n) is 3.36. The second-order valence-corrected chi connectivity index (χ2v) is 4.53. The highest BCUT2D eigenvalue weighted by Gasteiger charge is 2.35. The molecule has 0 saturated carbocycles. The topological polar surface area (TPSA) is 37.3 Å². The number of aromatic carboxylic acids is 1. The number of carboxylic acids is 1. The van der Waals surface area contributed by atoms with E-state index in [1.54, 1.807) is 0 Å². The molecule has 94 valence electrons. The predicted octanol–water partition coefficient (Wildman–Crippen LogP) is 3.91. The van der Waals surface area contributed by atoms with E-state index in [1.807, 2.05) is 6.92 Å². The van der Waals surface area contributed by atoms with Crippen molar-refractivity contribution in [3.05, 3.63) is 29.3 Å². The van der Waals surface area contributed by atoms with Crippen LogP contribution in [0.4, 0.5) is 13.2 Å². The van der Waals surface area contributed by atoms with Gasteiger partial charge in [-0.15, -0.1) is 11.8 Å².